The molecule has 190 valence electrons. The van der Waals surface area contributed by atoms with Gasteiger partial charge in [0.1, 0.15) is 11.5 Å². The fraction of sp³-hybridized carbons (Fsp3) is 0.379. The van der Waals surface area contributed by atoms with Gasteiger partial charge in [-0.25, -0.2) is 0 Å². The maximum Gasteiger partial charge on any atom is 0.119 e. The minimum absolute atomic E-state index is 0. The molecule has 3 rings (SSSR count). The topological polar surface area (TPSA) is 50.7 Å². The second-order valence-electron chi connectivity index (χ2n) is 8.65. The van der Waals surface area contributed by atoms with E-state index in [9.17, 15) is 5.11 Å². The Hall–Kier alpha value is -2.24. The maximum absolute atomic E-state index is 10.4. The summed E-state index contributed by atoms with van der Waals surface area (Å²) in [4.78, 5) is 0. The molecule has 0 bridgehead atoms. The first-order valence-electron chi connectivity index (χ1n) is 12.2. The molecule has 6 heteroatoms. The number of aliphatic hydroxyl groups excluding tert-OH is 1. The number of hydrogen-bond donors (Lipinski definition) is 2. The van der Waals surface area contributed by atoms with Gasteiger partial charge in [-0.05, 0) is 86.6 Å². The minimum atomic E-state index is -0.576. The molecule has 0 aromatic heterocycles. The van der Waals surface area contributed by atoms with Crippen LogP contribution in [0.5, 0.6) is 11.5 Å². The molecule has 0 fully saturated rings. The van der Waals surface area contributed by atoms with Crippen molar-refractivity contribution in [3.8, 4) is 11.5 Å². The van der Waals surface area contributed by atoms with Crippen molar-refractivity contribution in [3.63, 3.8) is 0 Å². The number of rotatable bonds is 15. The lowest BCUT2D eigenvalue weighted by Crippen LogP contribution is -2.32. The van der Waals surface area contributed by atoms with Gasteiger partial charge in [-0.2, -0.15) is 0 Å². The highest BCUT2D eigenvalue weighted by Gasteiger charge is 2.10. The number of unbranched alkanes of at least 4 members (excludes halogenated alkanes) is 3. The standard InChI is InChI=1S/C29H36ClNO3.ClH/c1-23(31-22-29(32)25-10-9-11-26(30)21-25)20-24-14-16-28(17-15-24)34-19-8-3-2-7-18-33-27-12-5-4-6-13-27;/h4-6,9-17,21,23,29,31-32H,2-3,7-8,18-20,22H2,1H3;1H/t23-,29+;/m1./s1. The highest BCUT2D eigenvalue weighted by Crippen LogP contribution is 2.18. The average molecular weight is 519 g/mol. The van der Waals surface area contributed by atoms with Crippen molar-refractivity contribution < 1.29 is 14.6 Å². The molecule has 3 aromatic carbocycles. The monoisotopic (exact) mass is 517 g/mol. The molecule has 4 nitrogen and oxygen atoms in total. The Balaban J connectivity index is 0.00000432. The number of ether oxygens (including phenoxy) is 2. The number of aliphatic hydroxyl groups is 1. The summed E-state index contributed by atoms with van der Waals surface area (Å²) in [6.07, 6.45) is 4.70. The van der Waals surface area contributed by atoms with E-state index in [1.54, 1.807) is 6.07 Å². The van der Waals surface area contributed by atoms with Gasteiger partial charge in [0.05, 0.1) is 19.3 Å². The van der Waals surface area contributed by atoms with E-state index in [0.29, 0.717) is 11.6 Å². The third kappa shape index (κ3) is 11.4. The first-order valence-corrected chi connectivity index (χ1v) is 12.5. The second-order valence-corrected chi connectivity index (χ2v) is 9.09. The van der Waals surface area contributed by atoms with Gasteiger partial charge in [-0.1, -0.05) is 54.1 Å². The van der Waals surface area contributed by atoms with Crippen LogP contribution in [0.1, 0.15) is 49.8 Å². The Bertz CT molecular complexity index is 954. The van der Waals surface area contributed by atoms with Crippen molar-refractivity contribution in [1.82, 2.24) is 5.32 Å². The van der Waals surface area contributed by atoms with E-state index in [1.807, 2.05) is 60.7 Å². The predicted octanol–water partition coefficient (Wildman–Crippen LogP) is 7.03. The van der Waals surface area contributed by atoms with Gasteiger partial charge < -0.3 is 19.9 Å². The molecule has 2 atom stereocenters. The van der Waals surface area contributed by atoms with Gasteiger partial charge in [0.2, 0.25) is 0 Å². The van der Waals surface area contributed by atoms with E-state index in [1.165, 1.54) is 5.56 Å². The minimum Gasteiger partial charge on any atom is -0.494 e. The zero-order valence-electron chi connectivity index (χ0n) is 20.4. The summed E-state index contributed by atoms with van der Waals surface area (Å²) in [6, 6.07) is 25.9. The fourth-order valence-electron chi connectivity index (χ4n) is 3.75. The molecule has 0 spiro atoms. The van der Waals surface area contributed by atoms with E-state index in [4.69, 9.17) is 21.1 Å². The van der Waals surface area contributed by atoms with Crippen LogP contribution in [-0.2, 0) is 6.42 Å². The Morgan fingerprint density at radius 3 is 2.06 bits per heavy atom. The third-order valence-electron chi connectivity index (χ3n) is 5.68. The molecule has 2 N–H and O–H groups in total. The summed E-state index contributed by atoms with van der Waals surface area (Å²) in [7, 11) is 0. The third-order valence-corrected chi connectivity index (χ3v) is 5.91. The molecule has 0 radical (unpaired) electrons. The summed E-state index contributed by atoms with van der Waals surface area (Å²) >= 11 is 6.01. The lowest BCUT2D eigenvalue weighted by molar-refractivity contribution is 0.170. The number of para-hydroxylation sites is 1. The molecule has 0 unspecified atom stereocenters. The van der Waals surface area contributed by atoms with Crippen LogP contribution in [0.3, 0.4) is 0 Å². The normalized spacial score (nSPS) is 12.4. The van der Waals surface area contributed by atoms with Gasteiger partial charge in [0.15, 0.2) is 0 Å². The van der Waals surface area contributed by atoms with Crippen LogP contribution in [0.4, 0.5) is 0 Å². The number of hydrogen-bond acceptors (Lipinski definition) is 4. The quantitative estimate of drug-likeness (QED) is 0.212. The highest BCUT2D eigenvalue weighted by molar-refractivity contribution is 6.30. The number of nitrogens with one attached hydrogen (secondary N) is 1. The molecule has 3 aromatic rings. The van der Waals surface area contributed by atoms with Gasteiger partial charge in [0.25, 0.3) is 0 Å². The van der Waals surface area contributed by atoms with Crippen molar-refractivity contribution in [3.05, 3.63) is 95.0 Å². The van der Waals surface area contributed by atoms with Crippen molar-refractivity contribution >= 4 is 24.0 Å². The summed E-state index contributed by atoms with van der Waals surface area (Å²) in [6.45, 7) is 4.11. The van der Waals surface area contributed by atoms with E-state index >= 15 is 0 Å². The van der Waals surface area contributed by atoms with Gasteiger partial charge in [-0.3, -0.25) is 0 Å². The summed E-state index contributed by atoms with van der Waals surface area (Å²) in [5, 5.41) is 14.4. The number of halogens is 2. The van der Waals surface area contributed by atoms with Gasteiger partial charge >= 0.3 is 0 Å². The van der Waals surface area contributed by atoms with Crippen LogP contribution in [0, 0.1) is 0 Å². The molecule has 0 saturated heterocycles. The zero-order chi connectivity index (χ0) is 24.0. The second kappa shape index (κ2) is 16.4. The van der Waals surface area contributed by atoms with Crippen molar-refractivity contribution in [2.45, 2.75) is 51.2 Å². The van der Waals surface area contributed by atoms with Crippen LogP contribution in [-0.4, -0.2) is 30.9 Å². The molecule has 0 saturated carbocycles. The highest BCUT2D eigenvalue weighted by atomic mass is 35.5. The van der Waals surface area contributed by atoms with Gasteiger partial charge in [-0.15, -0.1) is 12.4 Å². The van der Waals surface area contributed by atoms with E-state index < -0.39 is 6.10 Å². The SMILES string of the molecule is C[C@H](Cc1ccc(OCCCCCCOc2ccccc2)cc1)NC[C@H](O)c1cccc(Cl)c1.Cl. The first kappa shape index (κ1) is 29.0. The molecule has 0 heterocycles. The molecule has 0 amide bonds. The first-order chi connectivity index (χ1) is 16.6. The molecule has 0 aliphatic carbocycles. The fourth-order valence-corrected chi connectivity index (χ4v) is 3.95. The smallest absolute Gasteiger partial charge is 0.119 e. The molecule has 0 aliphatic heterocycles. The Morgan fingerprint density at radius 1 is 0.800 bits per heavy atom. The molecular formula is C29H37Cl2NO3. The Morgan fingerprint density at radius 2 is 1.43 bits per heavy atom. The maximum atomic E-state index is 10.4. The van der Waals surface area contributed by atoms with E-state index in [-0.39, 0.29) is 18.4 Å². The molecular weight excluding hydrogens is 481 g/mol. The van der Waals surface area contributed by atoms with Crippen LogP contribution in [0.15, 0.2) is 78.9 Å². The van der Waals surface area contributed by atoms with Crippen LogP contribution in [0.2, 0.25) is 5.02 Å². The van der Waals surface area contributed by atoms with Crippen LogP contribution >= 0.6 is 24.0 Å². The predicted molar refractivity (Wildman–Crippen MR) is 147 cm³/mol. The van der Waals surface area contributed by atoms with E-state index in [2.05, 4.69) is 24.4 Å². The lowest BCUT2D eigenvalue weighted by atomic mass is 10.1. The van der Waals surface area contributed by atoms with Crippen molar-refractivity contribution in [2.75, 3.05) is 19.8 Å². The summed E-state index contributed by atoms with van der Waals surface area (Å²) in [5.41, 5.74) is 2.07. The molecule has 35 heavy (non-hydrogen) atoms. The van der Waals surface area contributed by atoms with Crippen LogP contribution < -0.4 is 14.8 Å². The lowest BCUT2D eigenvalue weighted by Gasteiger charge is -2.18. The molecule has 0 aliphatic rings. The van der Waals surface area contributed by atoms with Gasteiger partial charge in [0, 0.05) is 17.6 Å². The van der Waals surface area contributed by atoms with Crippen molar-refractivity contribution in [1.29, 1.82) is 0 Å². The average Bonchev–Trinajstić information content (AvgIpc) is 2.86. The summed E-state index contributed by atoms with van der Waals surface area (Å²) < 4.78 is 11.6. The van der Waals surface area contributed by atoms with Crippen LogP contribution in [0.25, 0.3) is 0 Å². The largest absolute Gasteiger partial charge is 0.494 e. The zero-order valence-corrected chi connectivity index (χ0v) is 21.9. The van der Waals surface area contributed by atoms with Crippen molar-refractivity contribution in [2.24, 2.45) is 0 Å². The summed E-state index contributed by atoms with van der Waals surface area (Å²) in [5.74, 6) is 1.85. The Kier molecular flexibility index (Phi) is 13.6. The Labute approximate surface area is 221 Å². The number of benzene rings is 3. The van der Waals surface area contributed by atoms with E-state index in [0.717, 1.165) is 62.4 Å².